The molecule has 1 aromatic carbocycles. The fourth-order valence-corrected chi connectivity index (χ4v) is 2.02. The predicted octanol–water partition coefficient (Wildman–Crippen LogP) is 2.66. The maximum Gasteiger partial charge on any atom is 0.140 e. The highest BCUT2D eigenvalue weighted by molar-refractivity contribution is 5.34. The zero-order valence-electron chi connectivity index (χ0n) is 9.58. The first kappa shape index (κ1) is 12.0. The first-order valence-corrected chi connectivity index (χ1v) is 5.86. The van der Waals surface area contributed by atoms with Crippen LogP contribution in [0.3, 0.4) is 0 Å². The second kappa shape index (κ2) is 5.76. The lowest BCUT2D eigenvalue weighted by Crippen LogP contribution is -2.21. The van der Waals surface area contributed by atoms with Gasteiger partial charge in [0.2, 0.25) is 0 Å². The number of hydrogen-bond acceptors (Lipinski definition) is 3. The molecular weight excluding hydrogens is 219 g/mol. The predicted molar refractivity (Wildman–Crippen MR) is 61.3 cm³/mol. The van der Waals surface area contributed by atoms with Crippen LogP contribution in [0.4, 0.5) is 4.39 Å². The summed E-state index contributed by atoms with van der Waals surface area (Å²) in [6, 6.07) is 6.33. The molecule has 0 amide bonds. The van der Waals surface area contributed by atoms with Crippen LogP contribution in [0, 0.1) is 17.1 Å². The number of nitrogens with one attached hydrogen (secondary N) is 1. The molecular formula is C13H15FN2O. The van der Waals surface area contributed by atoms with E-state index in [0.29, 0.717) is 12.6 Å². The molecule has 0 radical (unpaired) electrons. The molecule has 1 saturated carbocycles. The Bertz CT molecular complexity index is 422. The SMILES string of the molecule is N#Cc1cc(CNOC2CCCC2)ccc1F. The third-order valence-corrected chi connectivity index (χ3v) is 2.98. The van der Waals surface area contributed by atoms with E-state index in [4.69, 9.17) is 10.1 Å². The molecule has 0 heterocycles. The molecule has 0 aliphatic heterocycles. The van der Waals surface area contributed by atoms with Crippen molar-refractivity contribution in [3.63, 3.8) is 0 Å². The van der Waals surface area contributed by atoms with Gasteiger partial charge in [0, 0.05) is 6.54 Å². The van der Waals surface area contributed by atoms with Crippen LogP contribution < -0.4 is 5.48 Å². The van der Waals surface area contributed by atoms with Gasteiger partial charge < -0.3 is 0 Å². The van der Waals surface area contributed by atoms with Crippen molar-refractivity contribution in [1.82, 2.24) is 5.48 Å². The van der Waals surface area contributed by atoms with Crippen molar-refractivity contribution >= 4 is 0 Å². The van der Waals surface area contributed by atoms with E-state index in [1.165, 1.54) is 18.9 Å². The Hall–Kier alpha value is -1.44. The Kier molecular flexibility index (Phi) is 4.08. The van der Waals surface area contributed by atoms with Gasteiger partial charge in [-0.2, -0.15) is 10.7 Å². The minimum absolute atomic E-state index is 0.0742. The fraction of sp³-hybridized carbons (Fsp3) is 0.462. The van der Waals surface area contributed by atoms with Crippen LogP contribution >= 0.6 is 0 Å². The molecule has 17 heavy (non-hydrogen) atoms. The zero-order chi connectivity index (χ0) is 12.1. The summed E-state index contributed by atoms with van der Waals surface area (Å²) >= 11 is 0. The van der Waals surface area contributed by atoms with Crippen molar-refractivity contribution < 1.29 is 9.23 Å². The molecule has 3 nitrogen and oxygen atoms in total. The highest BCUT2D eigenvalue weighted by Crippen LogP contribution is 2.20. The van der Waals surface area contributed by atoms with Gasteiger partial charge in [0.05, 0.1) is 11.7 Å². The van der Waals surface area contributed by atoms with E-state index in [-0.39, 0.29) is 5.56 Å². The standard InChI is InChI=1S/C13H15FN2O/c14-13-6-5-10(7-11(13)8-15)9-16-17-12-3-1-2-4-12/h5-7,12,16H,1-4,9H2. The number of rotatable bonds is 4. The Morgan fingerprint density at radius 2 is 2.18 bits per heavy atom. The number of nitriles is 1. The molecule has 90 valence electrons. The van der Waals surface area contributed by atoms with Crippen molar-refractivity contribution in [2.24, 2.45) is 0 Å². The summed E-state index contributed by atoms with van der Waals surface area (Å²) in [4.78, 5) is 5.48. The summed E-state index contributed by atoms with van der Waals surface area (Å²) in [5.41, 5.74) is 3.80. The van der Waals surface area contributed by atoms with Crippen molar-refractivity contribution in [3.8, 4) is 6.07 Å². The molecule has 0 atom stereocenters. The van der Waals surface area contributed by atoms with Crippen LogP contribution in [0.15, 0.2) is 18.2 Å². The van der Waals surface area contributed by atoms with Gasteiger partial charge in [0.25, 0.3) is 0 Å². The van der Waals surface area contributed by atoms with E-state index in [9.17, 15) is 4.39 Å². The van der Waals surface area contributed by atoms with Gasteiger partial charge in [-0.3, -0.25) is 4.84 Å². The van der Waals surface area contributed by atoms with Crippen molar-refractivity contribution in [2.45, 2.75) is 38.3 Å². The van der Waals surface area contributed by atoms with Gasteiger partial charge in [0.1, 0.15) is 11.9 Å². The van der Waals surface area contributed by atoms with Crippen LogP contribution in [0.2, 0.25) is 0 Å². The molecule has 1 aliphatic carbocycles. The molecule has 1 aromatic rings. The number of hydroxylamine groups is 1. The molecule has 0 bridgehead atoms. The Morgan fingerprint density at radius 1 is 1.41 bits per heavy atom. The quantitative estimate of drug-likeness (QED) is 0.814. The maximum absolute atomic E-state index is 13.1. The van der Waals surface area contributed by atoms with Crippen LogP contribution in [0.25, 0.3) is 0 Å². The number of halogens is 1. The number of nitrogens with zero attached hydrogens (tertiary/aromatic N) is 1. The van der Waals surface area contributed by atoms with Gasteiger partial charge in [0.15, 0.2) is 0 Å². The van der Waals surface area contributed by atoms with Crippen LogP contribution in [-0.4, -0.2) is 6.10 Å². The highest BCUT2D eigenvalue weighted by atomic mass is 19.1. The van der Waals surface area contributed by atoms with Crippen LogP contribution in [0.5, 0.6) is 0 Å². The topological polar surface area (TPSA) is 45.0 Å². The van der Waals surface area contributed by atoms with Gasteiger partial charge >= 0.3 is 0 Å². The van der Waals surface area contributed by atoms with Crippen molar-refractivity contribution in [1.29, 1.82) is 5.26 Å². The largest absolute Gasteiger partial charge is 0.298 e. The number of benzene rings is 1. The van der Waals surface area contributed by atoms with E-state index < -0.39 is 5.82 Å². The molecule has 0 spiro atoms. The van der Waals surface area contributed by atoms with E-state index in [0.717, 1.165) is 18.4 Å². The Morgan fingerprint density at radius 3 is 2.88 bits per heavy atom. The molecule has 2 rings (SSSR count). The smallest absolute Gasteiger partial charge is 0.140 e. The minimum atomic E-state index is -0.479. The monoisotopic (exact) mass is 234 g/mol. The second-order valence-electron chi connectivity index (χ2n) is 4.27. The lowest BCUT2D eigenvalue weighted by Gasteiger charge is -2.11. The molecule has 1 aliphatic rings. The second-order valence-corrected chi connectivity index (χ2v) is 4.27. The van der Waals surface area contributed by atoms with E-state index >= 15 is 0 Å². The lowest BCUT2D eigenvalue weighted by atomic mass is 10.1. The third-order valence-electron chi connectivity index (χ3n) is 2.98. The molecule has 1 fully saturated rings. The summed E-state index contributed by atoms with van der Waals surface area (Å²) in [5, 5.41) is 8.70. The third kappa shape index (κ3) is 3.26. The molecule has 0 unspecified atom stereocenters. The first-order chi connectivity index (χ1) is 8.29. The van der Waals surface area contributed by atoms with Gasteiger partial charge in [-0.1, -0.05) is 18.9 Å². The summed E-state index contributed by atoms with van der Waals surface area (Å²) in [7, 11) is 0. The summed E-state index contributed by atoms with van der Waals surface area (Å²) in [5.74, 6) is -0.479. The highest BCUT2D eigenvalue weighted by Gasteiger charge is 2.15. The zero-order valence-corrected chi connectivity index (χ0v) is 9.58. The van der Waals surface area contributed by atoms with E-state index in [1.807, 2.05) is 6.07 Å². The van der Waals surface area contributed by atoms with Gasteiger partial charge in [-0.05, 0) is 30.5 Å². The fourth-order valence-electron chi connectivity index (χ4n) is 2.02. The summed E-state index contributed by atoms with van der Waals surface area (Å²) in [6.07, 6.45) is 4.94. The normalized spacial score (nSPS) is 16.0. The molecule has 0 saturated heterocycles. The lowest BCUT2D eigenvalue weighted by molar-refractivity contribution is -0.0244. The average molecular weight is 234 g/mol. The van der Waals surface area contributed by atoms with E-state index in [2.05, 4.69) is 5.48 Å². The van der Waals surface area contributed by atoms with Gasteiger partial charge in [-0.15, -0.1) is 0 Å². The summed E-state index contributed by atoms with van der Waals surface area (Å²) < 4.78 is 13.1. The maximum atomic E-state index is 13.1. The van der Waals surface area contributed by atoms with Crippen molar-refractivity contribution in [3.05, 3.63) is 35.1 Å². The molecule has 0 aromatic heterocycles. The number of hydrogen-bond donors (Lipinski definition) is 1. The Balaban J connectivity index is 1.84. The molecule has 4 heteroatoms. The van der Waals surface area contributed by atoms with Crippen LogP contribution in [-0.2, 0) is 11.4 Å². The average Bonchev–Trinajstić information content (AvgIpc) is 2.84. The minimum Gasteiger partial charge on any atom is -0.298 e. The van der Waals surface area contributed by atoms with Crippen molar-refractivity contribution in [2.75, 3.05) is 0 Å². The van der Waals surface area contributed by atoms with Gasteiger partial charge in [-0.25, -0.2) is 4.39 Å². The Labute approximate surface area is 100 Å². The molecule has 1 N–H and O–H groups in total. The summed E-state index contributed by atoms with van der Waals surface area (Å²) in [6.45, 7) is 0.492. The first-order valence-electron chi connectivity index (χ1n) is 5.86. The van der Waals surface area contributed by atoms with E-state index in [1.54, 1.807) is 12.1 Å². The van der Waals surface area contributed by atoms with Crippen LogP contribution in [0.1, 0.15) is 36.8 Å².